The van der Waals surface area contributed by atoms with Crippen molar-refractivity contribution >= 4 is 23.5 Å². The molecule has 0 spiro atoms. The van der Waals surface area contributed by atoms with Crippen molar-refractivity contribution in [3.63, 3.8) is 0 Å². The highest BCUT2D eigenvalue weighted by molar-refractivity contribution is 6.30. The van der Waals surface area contributed by atoms with Crippen LogP contribution in [0.25, 0.3) is 0 Å². The Labute approximate surface area is 123 Å². The van der Waals surface area contributed by atoms with Crippen molar-refractivity contribution in [2.24, 2.45) is 0 Å². The Morgan fingerprint density at radius 3 is 2.70 bits per heavy atom. The number of carbonyl (C=O) groups excluding carboxylic acids is 2. The number of carbonyl (C=O) groups is 2. The molecule has 4 nitrogen and oxygen atoms in total. The fourth-order valence-electron chi connectivity index (χ4n) is 1.40. The number of ether oxygens (including phenoxy) is 2. The molecule has 0 aliphatic carbocycles. The first-order valence-electron chi connectivity index (χ1n) is 6.29. The third-order valence-corrected chi connectivity index (χ3v) is 2.67. The minimum absolute atomic E-state index is 0.143. The third-order valence-electron chi connectivity index (χ3n) is 2.44. The van der Waals surface area contributed by atoms with Crippen molar-refractivity contribution in [2.45, 2.75) is 32.3 Å². The van der Waals surface area contributed by atoms with Crippen LogP contribution in [0.4, 0.5) is 0 Å². The van der Waals surface area contributed by atoms with E-state index < -0.39 is 5.97 Å². The minimum atomic E-state index is -0.406. The maximum atomic E-state index is 11.6. The molecule has 0 N–H and O–H groups in total. The zero-order valence-electron chi connectivity index (χ0n) is 11.3. The SMILES string of the molecule is C=CC(C)OC(=O)CCCC(=O)Oc1cccc(Cl)c1. The summed E-state index contributed by atoms with van der Waals surface area (Å²) in [6.45, 7) is 5.23. The molecule has 1 aromatic carbocycles. The highest BCUT2D eigenvalue weighted by atomic mass is 35.5. The largest absolute Gasteiger partial charge is 0.458 e. The predicted octanol–water partition coefficient (Wildman–Crippen LogP) is 3.53. The van der Waals surface area contributed by atoms with Crippen LogP contribution in [0.15, 0.2) is 36.9 Å². The molecule has 0 aromatic heterocycles. The average molecular weight is 297 g/mol. The van der Waals surface area contributed by atoms with E-state index in [0.29, 0.717) is 17.2 Å². The van der Waals surface area contributed by atoms with E-state index in [4.69, 9.17) is 21.1 Å². The van der Waals surface area contributed by atoms with Gasteiger partial charge in [0.05, 0.1) is 0 Å². The van der Waals surface area contributed by atoms with Crippen LogP contribution >= 0.6 is 11.6 Å². The molecule has 1 rings (SSSR count). The highest BCUT2D eigenvalue weighted by Gasteiger charge is 2.10. The van der Waals surface area contributed by atoms with Crippen molar-refractivity contribution in [1.82, 2.24) is 0 Å². The van der Waals surface area contributed by atoms with E-state index in [0.717, 1.165) is 0 Å². The van der Waals surface area contributed by atoms with Gasteiger partial charge in [0.15, 0.2) is 0 Å². The summed E-state index contributed by atoms with van der Waals surface area (Å²) in [6, 6.07) is 6.58. The number of hydrogen-bond donors (Lipinski definition) is 0. The van der Waals surface area contributed by atoms with Crippen LogP contribution in [0.3, 0.4) is 0 Å². The molecule has 5 heteroatoms. The van der Waals surface area contributed by atoms with Crippen LogP contribution in [0.1, 0.15) is 26.2 Å². The maximum absolute atomic E-state index is 11.6. The predicted molar refractivity (Wildman–Crippen MR) is 76.7 cm³/mol. The first-order chi connectivity index (χ1) is 9.51. The molecule has 20 heavy (non-hydrogen) atoms. The van der Waals surface area contributed by atoms with Gasteiger partial charge in [-0.1, -0.05) is 30.3 Å². The van der Waals surface area contributed by atoms with E-state index in [2.05, 4.69) is 6.58 Å². The molecule has 108 valence electrons. The molecule has 0 saturated carbocycles. The Morgan fingerprint density at radius 1 is 1.35 bits per heavy atom. The smallest absolute Gasteiger partial charge is 0.311 e. The van der Waals surface area contributed by atoms with Crippen molar-refractivity contribution in [3.05, 3.63) is 41.9 Å². The molecule has 0 amide bonds. The van der Waals surface area contributed by atoms with E-state index in [1.54, 1.807) is 31.2 Å². The second-order valence-electron chi connectivity index (χ2n) is 4.22. The standard InChI is InChI=1S/C15H17ClO4/c1-3-11(2)19-14(17)8-5-9-15(18)20-13-7-4-6-12(16)10-13/h3-4,6-7,10-11H,1,5,8-9H2,2H3. The first-order valence-corrected chi connectivity index (χ1v) is 6.67. The molecule has 0 saturated heterocycles. The van der Waals surface area contributed by atoms with Gasteiger partial charge >= 0.3 is 11.9 Å². The van der Waals surface area contributed by atoms with Gasteiger partial charge < -0.3 is 9.47 Å². The molecule has 1 atom stereocenters. The van der Waals surface area contributed by atoms with Crippen LogP contribution in [0, 0.1) is 0 Å². The van der Waals surface area contributed by atoms with E-state index in [1.807, 2.05) is 0 Å². The van der Waals surface area contributed by atoms with E-state index >= 15 is 0 Å². The average Bonchev–Trinajstić information content (AvgIpc) is 2.38. The monoisotopic (exact) mass is 296 g/mol. The van der Waals surface area contributed by atoms with Gasteiger partial charge in [0.1, 0.15) is 11.9 Å². The van der Waals surface area contributed by atoms with Gasteiger partial charge in [-0.25, -0.2) is 0 Å². The lowest BCUT2D eigenvalue weighted by atomic mass is 10.2. The summed E-state index contributed by atoms with van der Waals surface area (Å²) in [6.07, 6.45) is 1.90. The summed E-state index contributed by atoms with van der Waals surface area (Å²) in [4.78, 5) is 22.9. The Kier molecular flexibility index (Phi) is 6.81. The fraction of sp³-hybridized carbons (Fsp3) is 0.333. The highest BCUT2D eigenvalue weighted by Crippen LogP contribution is 2.17. The van der Waals surface area contributed by atoms with Gasteiger partial charge in [-0.05, 0) is 31.5 Å². The number of rotatable bonds is 7. The van der Waals surface area contributed by atoms with Crippen molar-refractivity contribution < 1.29 is 19.1 Å². The summed E-state index contributed by atoms with van der Waals surface area (Å²) in [7, 11) is 0. The van der Waals surface area contributed by atoms with Gasteiger partial charge in [-0.15, -0.1) is 0 Å². The molecule has 0 aliphatic heterocycles. The van der Waals surface area contributed by atoms with Crippen molar-refractivity contribution in [3.8, 4) is 5.75 Å². The number of halogens is 1. The maximum Gasteiger partial charge on any atom is 0.311 e. The van der Waals surface area contributed by atoms with Crippen molar-refractivity contribution in [2.75, 3.05) is 0 Å². The summed E-state index contributed by atoms with van der Waals surface area (Å²) >= 11 is 5.78. The molecule has 0 heterocycles. The lowest BCUT2D eigenvalue weighted by Crippen LogP contribution is -2.13. The van der Waals surface area contributed by atoms with Gasteiger partial charge in [0.25, 0.3) is 0 Å². The van der Waals surface area contributed by atoms with Crippen LogP contribution in [0.5, 0.6) is 5.75 Å². The number of benzene rings is 1. The Morgan fingerprint density at radius 2 is 2.05 bits per heavy atom. The van der Waals surface area contributed by atoms with E-state index in [-0.39, 0.29) is 24.9 Å². The Balaban J connectivity index is 2.27. The lowest BCUT2D eigenvalue weighted by molar-refractivity contribution is -0.146. The van der Waals surface area contributed by atoms with E-state index in [9.17, 15) is 9.59 Å². The summed E-state index contributed by atoms with van der Waals surface area (Å²) < 4.78 is 10.1. The van der Waals surface area contributed by atoms with Crippen LogP contribution in [-0.4, -0.2) is 18.0 Å². The van der Waals surface area contributed by atoms with Gasteiger partial charge in [-0.3, -0.25) is 9.59 Å². The number of hydrogen-bond acceptors (Lipinski definition) is 4. The second-order valence-corrected chi connectivity index (χ2v) is 4.65. The molecule has 0 radical (unpaired) electrons. The molecular weight excluding hydrogens is 280 g/mol. The molecule has 0 fully saturated rings. The quantitative estimate of drug-likeness (QED) is 0.439. The van der Waals surface area contributed by atoms with Gasteiger partial charge in [0.2, 0.25) is 0 Å². The van der Waals surface area contributed by atoms with Crippen LogP contribution in [0.2, 0.25) is 5.02 Å². The van der Waals surface area contributed by atoms with Crippen molar-refractivity contribution in [1.29, 1.82) is 0 Å². The molecule has 1 unspecified atom stereocenters. The molecule has 1 aromatic rings. The Hall–Kier alpha value is -1.81. The Bertz CT molecular complexity index is 485. The zero-order chi connectivity index (χ0) is 15.0. The minimum Gasteiger partial charge on any atom is -0.458 e. The third kappa shape index (κ3) is 6.38. The molecular formula is C15H17ClO4. The molecule has 0 bridgehead atoms. The van der Waals surface area contributed by atoms with Crippen LogP contribution in [-0.2, 0) is 14.3 Å². The van der Waals surface area contributed by atoms with E-state index in [1.165, 1.54) is 6.08 Å². The number of esters is 2. The van der Waals surface area contributed by atoms with Gasteiger partial charge in [-0.2, -0.15) is 0 Å². The van der Waals surface area contributed by atoms with Crippen LogP contribution < -0.4 is 4.74 Å². The second kappa shape index (κ2) is 8.38. The zero-order valence-corrected chi connectivity index (χ0v) is 12.1. The van der Waals surface area contributed by atoms with Gasteiger partial charge in [0, 0.05) is 17.9 Å². The summed E-state index contributed by atoms with van der Waals surface area (Å²) in [5.41, 5.74) is 0. The topological polar surface area (TPSA) is 52.6 Å². The fourth-order valence-corrected chi connectivity index (χ4v) is 1.58. The normalized spacial score (nSPS) is 11.5. The first kappa shape index (κ1) is 16.2. The summed E-state index contributed by atoms with van der Waals surface area (Å²) in [5.74, 6) is -0.366. The lowest BCUT2D eigenvalue weighted by Gasteiger charge is -2.08. The molecule has 0 aliphatic rings. The summed E-state index contributed by atoms with van der Waals surface area (Å²) in [5, 5.41) is 0.497.